The van der Waals surface area contributed by atoms with E-state index >= 15 is 0 Å². The molecule has 150 valence electrons. The number of hydrogen-bond acceptors (Lipinski definition) is 7. The van der Waals surface area contributed by atoms with E-state index in [1.807, 2.05) is 13.0 Å². The van der Waals surface area contributed by atoms with E-state index in [0.717, 1.165) is 5.56 Å². The van der Waals surface area contributed by atoms with Crippen molar-refractivity contribution in [2.45, 2.75) is 30.4 Å². The Morgan fingerprint density at radius 2 is 1.82 bits per heavy atom. The van der Waals surface area contributed by atoms with Crippen LogP contribution in [0.1, 0.15) is 22.3 Å². The topological polar surface area (TPSA) is 90.9 Å². The van der Waals surface area contributed by atoms with Crippen LogP contribution in [0.15, 0.2) is 59.5 Å². The predicted octanol–water partition coefficient (Wildman–Crippen LogP) is 2.26. The molecule has 2 aromatic carbocycles. The van der Waals surface area contributed by atoms with Crippen LogP contribution in [-0.4, -0.2) is 46.5 Å². The molecule has 1 aliphatic heterocycles. The normalized spacial score (nSPS) is 19.5. The van der Waals surface area contributed by atoms with Gasteiger partial charge >= 0.3 is 5.97 Å². The van der Waals surface area contributed by atoms with Crippen LogP contribution in [0.3, 0.4) is 0 Å². The average Bonchev–Trinajstić information content (AvgIpc) is 3.15. The van der Waals surface area contributed by atoms with E-state index in [9.17, 15) is 13.2 Å². The molecule has 0 amide bonds. The monoisotopic (exact) mass is 405 g/mol. The number of aryl methyl sites for hydroxylation is 1. The van der Waals surface area contributed by atoms with Crippen molar-refractivity contribution in [1.29, 1.82) is 0 Å². The Kier molecular flexibility index (Phi) is 6.79. The van der Waals surface area contributed by atoms with Gasteiger partial charge in [-0.3, -0.25) is 0 Å². The summed E-state index contributed by atoms with van der Waals surface area (Å²) in [5, 5.41) is 3.19. The van der Waals surface area contributed by atoms with Gasteiger partial charge in [0.15, 0.2) is 6.79 Å². The van der Waals surface area contributed by atoms with Gasteiger partial charge in [0, 0.05) is 12.6 Å². The molecule has 1 heterocycles. The summed E-state index contributed by atoms with van der Waals surface area (Å²) in [4.78, 5) is 12.0. The molecule has 3 rings (SSSR count). The second-order valence-corrected chi connectivity index (χ2v) is 8.21. The molecule has 0 radical (unpaired) electrons. The Hall–Kier alpha value is -2.26. The third kappa shape index (κ3) is 5.62. The van der Waals surface area contributed by atoms with Gasteiger partial charge in [0.1, 0.15) is 6.61 Å². The van der Waals surface area contributed by atoms with E-state index < -0.39 is 10.1 Å². The van der Waals surface area contributed by atoms with Crippen molar-refractivity contribution in [2.75, 3.05) is 19.9 Å². The summed E-state index contributed by atoms with van der Waals surface area (Å²) in [6.07, 6.45) is 0.379. The molecule has 1 fully saturated rings. The van der Waals surface area contributed by atoms with Crippen molar-refractivity contribution >= 4 is 16.1 Å². The quantitative estimate of drug-likeness (QED) is 0.409. The van der Waals surface area contributed by atoms with Crippen molar-refractivity contribution in [3.05, 3.63) is 65.7 Å². The molecule has 28 heavy (non-hydrogen) atoms. The first-order chi connectivity index (χ1) is 13.4. The van der Waals surface area contributed by atoms with E-state index in [-0.39, 0.29) is 36.4 Å². The molecule has 2 aromatic rings. The van der Waals surface area contributed by atoms with Gasteiger partial charge in [-0.25, -0.2) is 8.98 Å². The molecule has 0 spiro atoms. The van der Waals surface area contributed by atoms with Crippen LogP contribution in [0, 0.1) is 6.92 Å². The zero-order valence-electron chi connectivity index (χ0n) is 15.5. The summed E-state index contributed by atoms with van der Waals surface area (Å²) in [6.45, 7) is 2.26. The van der Waals surface area contributed by atoms with Crippen molar-refractivity contribution in [1.82, 2.24) is 5.32 Å². The van der Waals surface area contributed by atoms with Gasteiger partial charge in [0.05, 0.1) is 16.6 Å². The third-order valence-corrected chi connectivity index (χ3v) is 5.68. The van der Waals surface area contributed by atoms with Crippen LogP contribution in [0.4, 0.5) is 0 Å². The van der Waals surface area contributed by atoms with Gasteiger partial charge in [-0.15, -0.1) is 0 Å². The summed E-state index contributed by atoms with van der Waals surface area (Å²) < 4.78 is 40.0. The lowest BCUT2D eigenvalue weighted by Gasteiger charge is -2.12. The third-order valence-electron chi connectivity index (χ3n) is 4.42. The maximum absolute atomic E-state index is 12.1. The van der Waals surface area contributed by atoms with Crippen molar-refractivity contribution < 1.29 is 26.9 Å². The number of ether oxygens (including phenoxy) is 2. The SMILES string of the molecule is Cc1ccc(S(=O)(=O)OCO[C@H]2CN[C@H](COC(=O)c3ccccc3)C2)cc1. The molecule has 0 aliphatic carbocycles. The Morgan fingerprint density at radius 1 is 1.11 bits per heavy atom. The lowest BCUT2D eigenvalue weighted by atomic mass is 10.2. The molecule has 7 nitrogen and oxygen atoms in total. The molecule has 1 aliphatic rings. The minimum absolute atomic E-state index is 0.0497. The summed E-state index contributed by atoms with van der Waals surface area (Å²) in [5.74, 6) is -0.376. The Labute approximate surface area is 164 Å². The van der Waals surface area contributed by atoms with Gasteiger partial charge in [-0.05, 0) is 37.6 Å². The van der Waals surface area contributed by atoms with Crippen LogP contribution in [0.5, 0.6) is 0 Å². The van der Waals surface area contributed by atoms with E-state index in [0.29, 0.717) is 18.5 Å². The molecule has 0 saturated carbocycles. The smallest absolute Gasteiger partial charge is 0.338 e. The highest BCUT2D eigenvalue weighted by Gasteiger charge is 2.26. The number of carbonyl (C=O) groups is 1. The molecule has 0 aromatic heterocycles. The highest BCUT2D eigenvalue weighted by molar-refractivity contribution is 7.86. The second kappa shape index (κ2) is 9.29. The van der Waals surface area contributed by atoms with Crippen molar-refractivity contribution in [2.24, 2.45) is 0 Å². The van der Waals surface area contributed by atoms with Gasteiger partial charge in [0.25, 0.3) is 10.1 Å². The van der Waals surface area contributed by atoms with E-state index in [2.05, 4.69) is 5.32 Å². The zero-order valence-corrected chi connectivity index (χ0v) is 16.4. The molecule has 1 N–H and O–H groups in total. The minimum atomic E-state index is -3.85. The average molecular weight is 405 g/mol. The fourth-order valence-electron chi connectivity index (χ4n) is 2.83. The number of esters is 1. The van der Waals surface area contributed by atoms with Gasteiger partial charge in [-0.2, -0.15) is 8.42 Å². The van der Waals surface area contributed by atoms with Gasteiger partial charge < -0.3 is 14.8 Å². The Bertz CT molecular complexity index is 883. The lowest BCUT2D eigenvalue weighted by molar-refractivity contribution is -0.0255. The highest BCUT2D eigenvalue weighted by atomic mass is 32.2. The second-order valence-electron chi connectivity index (χ2n) is 6.60. The standard InChI is InChI=1S/C20H23NO6S/c1-15-7-9-19(10-8-15)28(23,24)27-14-26-18-11-17(21-12-18)13-25-20(22)16-5-3-2-4-6-16/h2-10,17-18,21H,11-14H2,1H3/t17-,18+/m0/s1. The zero-order chi connectivity index (χ0) is 20.0. The number of benzene rings is 2. The first-order valence-corrected chi connectivity index (χ1v) is 10.4. The van der Waals surface area contributed by atoms with Crippen LogP contribution in [0.2, 0.25) is 0 Å². The van der Waals surface area contributed by atoms with Crippen LogP contribution < -0.4 is 5.32 Å². The molecule has 0 bridgehead atoms. The van der Waals surface area contributed by atoms with Gasteiger partial charge in [-0.1, -0.05) is 35.9 Å². The Balaban J connectivity index is 1.39. The first-order valence-electron chi connectivity index (χ1n) is 8.97. The first kappa shape index (κ1) is 20.5. The van der Waals surface area contributed by atoms with Crippen LogP contribution in [-0.2, 0) is 23.8 Å². The molecule has 1 saturated heterocycles. The number of carbonyl (C=O) groups excluding carboxylic acids is 1. The molecular weight excluding hydrogens is 382 g/mol. The summed E-state index contributed by atoms with van der Waals surface area (Å²) in [5.41, 5.74) is 1.47. The van der Waals surface area contributed by atoms with E-state index in [1.165, 1.54) is 12.1 Å². The lowest BCUT2D eigenvalue weighted by Crippen LogP contribution is -2.28. The summed E-state index contributed by atoms with van der Waals surface area (Å²) in [6, 6.07) is 15.1. The Morgan fingerprint density at radius 3 is 2.54 bits per heavy atom. The summed E-state index contributed by atoms with van der Waals surface area (Å²) >= 11 is 0. The van der Waals surface area contributed by atoms with Crippen LogP contribution in [0.25, 0.3) is 0 Å². The number of hydrogen-bond donors (Lipinski definition) is 1. The minimum Gasteiger partial charge on any atom is -0.460 e. The maximum atomic E-state index is 12.1. The number of rotatable bonds is 8. The highest BCUT2D eigenvalue weighted by Crippen LogP contribution is 2.16. The molecule has 0 unspecified atom stereocenters. The van der Waals surface area contributed by atoms with Crippen molar-refractivity contribution in [3.8, 4) is 0 Å². The summed E-state index contributed by atoms with van der Waals surface area (Å²) in [7, 11) is -3.85. The molecular formula is C20H23NO6S. The van der Waals surface area contributed by atoms with E-state index in [1.54, 1.807) is 36.4 Å². The predicted molar refractivity (Wildman–Crippen MR) is 102 cm³/mol. The van der Waals surface area contributed by atoms with E-state index in [4.69, 9.17) is 13.7 Å². The fourth-order valence-corrected chi connectivity index (χ4v) is 3.62. The maximum Gasteiger partial charge on any atom is 0.338 e. The molecule has 8 heteroatoms. The molecule has 2 atom stereocenters. The fraction of sp³-hybridized carbons (Fsp3) is 0.350. The van der Waals surface area contributed by atoms with Gasteiger partial charge in [0.2, 0.25) is 0 Å². The van der Waals surface area contributed by atoms with Crippen molar-refractivity contribution in [3.63, 3.8) is 0 Å². The van der Waals surface area contributed by atoms with Crippen LogP contribution >= 0.6 is 0 Å². The largest absolute Gasteiger partial charge is 0.460 e. The number of nitrogens with one attached hydrogen (secondary N) is 1.